The van der Waals surface area contributed by atoms with Crippen LogP contribution in [0.5, 0.6) is 5.75 Å². The number of benzene rings is 2. The van der Waals surface area contributed by atoms with Crippen LogP contribution in [0.1, 0.15) is 5.56 Å². The zero-order valence-electron chi connectivity index (χ0n) is 11.3. The molecule has 100 valence electrons. The number of aromatic nitrogens is 4. The summed E-state index contributed by atoms with van der Waals surface area (Å²) in [5.74, 6) is 1.52. The Morgan fingerprint density at radius 2 is 1.65 bits per heavy atom. The van der Waals surface area contributed by atoms with E-state index in [-0.39, 0.29) is 0 Å². The van der Waals surface area contributed by atoms with Crippen LogP contribution >= 0.6 is 0 Å². The first-order valence-corrected chi connectivity index (χ1v) is 6.28. The first kappa shape index (κ1) is 12.3. The molecule has 0 aliphatic heterocycles. The van der Waals surface area contributed by atoms with Gasteiger partial charge in [-0.05, 0) is 41.6 Å². The molecular weight excluding hydrogens is 252 g/mol. The highest BCUT2D eigenvalue weighted by Crippen LogP contribution is 2.21. The number of methoxy groups -OCH3 is 1. The second-order valence-corrected chi connectivity index (χ2v) is 4.48. The van der Waals surface area contributed by atoms with E-state index >= 15 is 0 Å². The summed E-state index contributed by atoms with van der Waals surface area (Å²) < 4.78 is 6.87. The first-order valence-electron chi connectivity index (χ1n) is 6.28. The summed E-state index contributed by atoms with van der Waals surface area (Å²) in [6.45, 7) is 2.05. The lowest BCUT2D eigenvalue weighted by molar-refractivity contribution is 0.414. The van der Waals surface area contributed by atoms with Crippen molar-refractivity contribution in [3.63, 3.8) is 0 Å². The molecule has 1 aromatic heterocycles. The van der Waals surface area contributed by atoms with E-state index < -0.39 is 0 Å². The third-order valence-electron chi connectivity index (χ3n) is 3.10. The zero-order valence-corrected chi connectivity index (χ0v) is 11.3. The molecule has 5 nitrogen and oxygen atoms in total. The number of rotatable bonds is 3. The predicted octanol–water partition coefficient (Wildman–Crippen LogP) is 2.65. The smallest absolute Gasteiger partial charge is 0.187 e. The summed E-state index contributed by atoms with van der Waals surface area (Å²) in [5, 5.41) is 11.9. The SMILES string of the molecule is COc1ccc(-n2nnnc2-c2ccc(C)cc2)cc1. The predicted molar refractivity (Wildman–Crippen MR) is 75.9 cm³/mol. The number of aryl methyl sites for hydroxylation is 1. The summed E-state index contributed by atoms with van der Waals surface area (Å²) >= 11 is 0. The Hall–Kier alpha value is -2.69. The topological polar surface area (TPSA) is 52.8 Å². The molecule has 0 bridgehead atoms. The van der Waals surface area contributed by atoms with Crippen LogP contribution in [0.2, 0.25) is 0 Å². The summed E-state index contributed by atoms with van der Waals surface area (Å²) in [6, 6.07) is 15.7. The molecule has 0 unspecified atom stereocenters. The Labute approximate surface area is 116 Å². The summed E-state index contributed by atoms with van der Waals surface area (Å²) in [6.07, 6.45) is 0. The van der Waals surface area contributed by atoms with E-state index in [1.165, 1.54) is 5.56 Å². The normalized spacial score (nSPS) is 10.5. The molecule has 0 radical (unpaired) electrons. The quantitative estimate of drug-likeness (QED) is 0.731. The van der Waals surface area contributed by atoms with Crippen LogP contribution in [-0.4, -0.2) is 27.3 Å². The number of hydrogen-bond donors (Lipinski definition) is 0. The van der Waals surface area contributed by atoms with Crippen molar-refractivity contribution in [1.29, 1.82) is 0 Å². The highest BCUT2D eigenvalue weighted by molar-refractivity contribution is 5.57. The van der Waals surface area contributed by atoms with Crippen molar-refractivity contribution >= 4 is 0 Å². The van der Waals surface area contributed by atoms with E-state index in [2.05, 4.69) is 22.4 Å². The fourth-order valence-corrected chi connectivity index (χ4v) is 1.97. The van der Waals surface area contributed by atoms with E-state index in [9.17, 15) is 0 Å². The van der Waals surface area contributed by atoms with Crippen molar-refractivity contribution in [3.8, 4) is 22.8 Å². The van der Waals surface area contributed by atoms with Gasteiger partial charge in [-0.15, -0.1) is 5.10 Å². The minimum atomic E-state index is 0.718. The van der Waals surface area contributed by atoms with E-state index in [1.807, 2.05) is 48.5 Å². The van der Waals surface area contributed by atoms with Gasteiger partial charge in [0.05, 0.1) is 12.8 Å². The van der Waals surface area contributed by atoms with Crippen molar-refractivity contribution in [2.45, 2.75) is 6.92 Å². The maximum atomic E-state index is 5.15. The van der Waals surface area contributed by atoms with Crippen molar-refractivity contribution < 1.29 is 4.74 Å². The Balaban J connectivity index is 2.02. The Kier molecular flexibility index (Phi) is 3.16. The molecule has 0 spiro atoms. The minimum absolute atomic E-state index is 0.718. The van der Waals surface area contributed by atoms with Crippen molar-refractivity contribution in [3.05, 3.63) is 54.1 Å². The van der Waals surface area contributed by atoms with E-state index in [0.29, 0.717) is 0 Å². The van der Waals surface area contributed by atoms with Gasteiger partial charge in [0.2, 0.25) is 0 Å². The zero-order chi connectivity index (χ0) is 13.9. The molecule has 2 aromatic carbocycles. The average molecular weight is 266 g/mol. The van der Waals surface area contributed by atoms with Crippen LogP contribution < -0.4 is 4.74 Å². The monoisotopic (exact) mass is 266 g/mol. The van der Waals surface area contributed by atoms with Crippen LogP contribution in [0.15, 0.2) is 48.5 Å². The fourth-order valence-electron chi connectivity index (χ4n) is 1.97. The van der Waals surface area contributed by atoms with Crippen LogP contribution in [0.3, 0.4) is 0 Å². The molecule has 0 N–H and O–H groups in total. The van der Waals surface area contributed by atoms with Gasteiger partial charge in [-0.3, -0.25) is 0 Å². The molecule has 3 aromatic rings. The summed E-state index contributed by atoms with van der Waals surface area (Å²) in [5.41, 5.74) is 3.08. The lowest BCUT2D eigenvalue weighted by Gasteiger charge is -2.06. The van der Waals surface area contributed by atoms with Crippen LogP contribution in [0.4, 0.5) is 0 Å². The van der Waals surface area contributed by atoms with E-state index in [0.717, 1.165) is 22.8 Å². The number of ether oxygens (including phenoxy) is 1. The largest absolute Gasteiger partial charge is 0.497 e. The van der Waals surface area contributed by atoms with Gasteiger partial charge in [-0.2, -0.15) is 4.68 Å². The maximum Gasteiger partial charge on any atom is 0.187 e. The summed E-state index contributed by atoms with van der Waals surface area (Å²) in [7, 11) is 1.64. The highest BCUT2D eigenvalue weighted by Gasteiger charge is 2.10. The van der Waals surface area contributed by atoms with Gasteiger partial charge in [-0.25, -0.2) is 0 Å². The van der Waals surface area contributed by atoms with Gasteiger partial charge in [-0.1, -0.05) is 29.8 Å². The van der Waals surface area contributed by atoms with Gasteiger partial charge in [0.15, 0.2) is 5.82 Å². The molecule has 0 fully saturated rings. The van der Waals surface area contributed by atoms with Crippen molar-refractivity contribution in [1.82, 2.24) is 20.2 Å². The van der Waals surface area contributed by atoms with Gasteiger partial charge in [0.25, 0.3) is 0 Å². The lowest BCUT2D eigenvalue weighted by Crippen LogP contribution is -1.99. The minimum Gasteiger partial charge on any atom is -0.497 e. The molecule has 0 atom stereocenters. The molecule has 0 amide bonds. The number of tetrazole rings is 1. The molecule has 1 heterocycles. The molecule has 20 heavy (non-hydrogen) atoms. The average Bonchev–Trinajstić information content (AvgIpc) is 2.97. The van der Waals surface area contributed by atoms with Crippen LogP contribution in [-0.2, 0) is 0 Å². The molecule has 3 rings (SSSR count). The molecule has 0 aliphatic rings. The van der Waals surface area contributed by atoms with Gasteiger partial charge in [0, 0.05) is 5.56 Å². The van der Waals surface area contributed by atoms with Gasteiger partial charge >= 0.3 is 0 Å². The van der Waals surface area contributed by atoms with E-state index in [4.69, 9.17) is 4.74 Å². The van der Waals surface area contributed by atoms with Gasteiger partial charge < -0.3 is 4.74 Å². The number of hydrogen-bond acceptors (Lipinski definition) is 4. The Morgan fingerprint density at radius 1 is 0.950 bits per heavy atom. The lowest BCUT2D eigenvalue weighted by atomic mass is 10.1. The first-order chi connectivity index (χ1) is 9.78. The second kappa shape index (κ2) is 5.13. The van der Waals surface area contributed by atoms with Gasteiger partial charge in [0.1, 0.15) is 5.75 Å². The Bertz CT molecular complexity index is 701. The molecular formula is C15H14N4O. The van der Waals surface area contributed by atoms with Crippen LogP contribution in [0.25, 0.3) is 17.1 Å². The molecule has 0 aliphatic carbocycles. The standard InChI is InChI=1S/C15H14N4O/c1-11-3-5-12(6-4-11)15-16-17-18-19(15)13-7-9-14(20-2)10-8-13/h3-10H,1-2H3. The maximum absolute atomic E-state index is 5.15. The second-order valence-electron chi connectivity index (χ2n) is 4.48. The molecule has 0 saturated heterocycles. The summed E-state index contributed by atoms with van der Waals surface area (Å²) in [4.78, 5) is 0. The Morgan fingerprint density at radius 3 is 2.30 bits per heavy atom. The highest BCUT2D eigenvalue weighted by atomic mass is 16.5. The number of nitrogens with zero attached hydrogens (tertiary/aromatic N) is 4. The third-order valence-corrected chi connectivity index (χ3v) is 3.10. The van der Waals surface area contributed by atoms with E-state index in [1.54, 1.807) is 11.8 Å². The third kappa shape index (κ3) is 2.25. The van der Waals surface area contributed by atoms with Crippen molar-refractivity contribution in [2.75, 3.05) is 7.11 Å². The van der Waals surface area contributed by atoms with Crippen LogP contribution in [0, 0.1) is 6.92 Å². The van der Waals surface area contributed by atoms with Crippen molar-refractivity contribution in [2.24, 2.45) is 0 Å². The fraction of sp³-hybridized carbons (Fsp3) is 0.133. The molecule has 0 saturated carbocycles. The molecule has 5 heteroatoms.